The first-order chi connectivity index (χ1) is 12.8. The van der Waals surface area contributed by atoms with Crippen molar-refractivity contribution >= 4 is 11.6 Å². The van der Waals surface area contributed by atoms with E-state index in [0.717, 1.165) is 12.2 Å². The molecular weight excluding hydrogens is 326 g/mol. The van der Waals surface area contributed by atoms with Crippen molar-refractivity contribution in [3.63, 3.8) is 0 Å². The number of carbonyl (C=O) groups is 1. The van der Waals surface area contributed by atoms with E-state index >= 15 is 0 Å². The van der Waals surface area contributed by atoms with Crippen molar-refractivity contribution in [2.24, 2.45) is 0 Å². The molecule has 26 heavy (non-hydrogen) atoms. The van der Waals surface area contributed by atoms with Crippen molar-refractivity contribution in [2.75, 3.05) is 18.5 Å². The van der Waals surface area contributed by atoms with Crippen LogP contribution in [0.2, 0.25) is 0 Å². The van der Waals surface area contributed by atoms with E-state index in [1.54, 1.807) is 0 Å². The maximum absolute atomic E-state index is 11.9. The van der Waals surface area contributed by atoms with Crippen LogP contribution in [0.15, 0.2) is 84.9 Å². The molecular formula is C22H21NO3. The number of para-hydroxylation sites is 1. The Bertz CT molecular complexity index is 802. The number of benzene rings is 3. The monoisotopic (exact) mass is 347 g/mol. The predicted octanol–water partition coefficient (Wildman–Crippen LogP) is 4.33. The molecule has 0 aliphatic rings. The number of carbonyl (C=O) groups excluding carboxylic acids is 1. The molecule has 3 rings (SSSR count). The van der Waals surface area contributed by atoms with Gasteiger partial charge >= 0.3 is 0 Å². The number of hydrogen-bond donors (Lipinski definition) is 1. The summed E-state index contributed by atoms with van der Waals surface area (Å²) in [6.45, 7) is 0.583. The molecule has 0 spiro atoms. The van der Waals surface area contributed by atoms with Crippen molar-refractivity contribution in [3.05, 3.63) is 90.5 Å². The normalized spacial score (nSPS) is 10.2. The van der Waals surface area contributed by atoms with Crippen LogP contribution in [0.5, 0.6) is 11.5 Å². The Morgan fingerprint density at radius 2 is 1.35 bits per heavy atom. The summed E-state index contributed by atoms with van der Waals surface area (Å²) in [5.74, 6) is 1.25. The molecule has 1 N–H and O–H groups in total. The molecule has 132 valence electrons. The quantitative estimate of drug-likeness (QED) is 0.660. The van der Waals surface area contributed by atoms with Crippen LogP contribution >= 0.6 is 0 Å². The van der Waals surface area contributed by atoms with Gasteiger partial charge in [0.15, 0.2) is 6.61 Å². The van der Waals surface area contributed by atoms with E-state index < -0.39 is 0 Å². The molecule has 0 radical (unpaired) electrons. The fourth-order valence-electron chi connectivity index (χ4n) is 2.43. The van der Waals surface area contributed by atoms with Crippen LogP contribution in [0.4, 0.5) is 5.69 Å². The minimum absolute atomic E-state index is 0.0284. The summed E-state index contributed by atoms with van der Waals surface area (Å²) >= 11 is 0. The summed E-state index contributed by atoms with van der Waals surface area (Å²) in [7, 11) is 0. The highest BCUT2D eigenvalue weighted by Gasteiger charge is 2.04. The number of hydrogen-bond acceptors (Lipinski definition) is 3. The number of ether oxygens (including phenoxy) is 2. The van der Waals surface area contributed by atoms with Crippen LogP contribution in [0, 0.1) is 0 Å². The van der Waals surface area contributed by atoms with E-state index in [1.807, 2.05) is 72.8 Å². The Hall–Kier alpha value is -3.27. The molecule has 0 bridgehead atoms. The van der Waals surface area contributed by atoms with Crippen molar-refractivity contribution in [1.29, 1.82) is 0 Å². The lowest BCUT2D eigenvalue weighted by Crippen LogP contribution is -2.20. The lowest BCUT2D eigenvalue weighted by molar-refractivity contribution is -0.118. The third kappa shape index (κ3) is 5.67. The lowest BCUT2D eigenvalue weighted by Gasteiger charge is -2.09. The summed E-state index contributed by atoms with van der Waals surface area (Å²) in [6.07, 6.45) is 0.857. The second-order valence-electron chi connectivity index (χ2n) is 5.76. The first kappa shape index (κ1) is 17.5. The van der Waals surface area contributed by atoms with Gasteiger partial charge in [-0.05, 0) is 42.0 Å². The van der Waals surface area contributed by atoms with Gasteiger partial charge in [-0.1, -0.05) is 48.5 Å². The highest BCUT2D eigenvalue weighted by molar-refractivity contribution is 5.91. The van der Waals surface area contributed by atoms with Gasteiger partial charge < -0.3 is 14.8 Å². The van der Waals surface area contributed by atoms with Crippen molar-refractivity contribution in [2.45, 2.75) is 6.42 Å². The number of nitrogens with one attached hydrogen (secondary N) is 1. The molecule has 3 aromatic carbocycles. The summed E-state index contributed by atoms with van der Waals surface area (Å²) in [4.78, 5) is 11.9. The van der Waals surface area contributed by atoms with Crippen LogP contribution in [-0.2, 0) is 11.2 Å². The van der Waals surface area contributed by atoms with Gasteiger partial charge in [0.2, 0.25) is 0 Å². The maximum Gasteiger partial charge on any atom is 0.262 e. The van der Waals surface area contributed by atoms with E-state index in [4.69, 9.17) is 9.47 Å². The second kappa shape index (κ2) is 9.28. The SMILES string of the molecule is O=C(COc1ccccc1)Nc1ccc(OCCc2ccccc2)cc1. The average molecular weight is 347 g/mol. The smallest absolute Gasteiger partial charge is 0.262 e. The molecule has 1 amide bonds. The zero-order valence-electron chi connectivity index (χ0n) is 14.4. The topological polar surface area (TPSA) is 47.6 Å². The minimum atomic E-state index is -0.202. The molecule has 0 saturated carbocycles. The zero-order chi connectivity index (χ0) is 18.0. The van der Waals surface area contributed by atoms with Gasteiger partial charge in [-0.15, -0.1) is 0 Å². The van der Waals surface area contributed by atoms with Crippen LogP contribution in [0.25, 0.3) is 0 Å². The predicted molar refractivity (Wildman–Crippen MR) is 103 cm³/mol. The first-order valence-corrected chi connectivity index (χ1v) is 8.54. The van der Waals surface area contributed by atoms with Crippen LogP contribution in [0.1, 0.15) is 5.56 Å². The highest BCUT2D eigenvalue weighted by atomic mass is 16.5. The molecule has 0 unspecified atom stereocenters. The van der Waals surface area contributed by atoms with Gasteiger partial charge in [-0.25, -0.2) is 0 Å². The molecule has 0 atom stereocenters. The molecule has 0 fully saturated rings. The summed E-state index contributed by atoms with van der Waals surface area (Å²) in [6, 6.07) is 26.8. The van der Waals surface area contributed by atoms with Gasteiger partial charge in [0, 0.05) is 12.1 Å². The Morgan fingerprint density at radius 3 is 2.04 bits per heavy atom. The molecule has 0 aliphatic carbocycles. The first-order valence-electron chi connectivity index (χ1n) is 8.54. The Morgan fingerprint density at radius 1 is 0.731 bits per heavy atom. The molecule has 0 saturated heterocycles. The van der Waals surface area contributed by atoms with Crippen molar-refractivity contribution in [1.82, 2.24) is 0 Å². The van der Waals surface area contributed by atoms with E-state index in [1.165, 1.54) is 5.56 Å². The van der Waals surface area contributed by atoms with Crippen LogP contribution < -0.4 is 14.8 Å². The van der Waals surface area contributed by atoms with E-state index in [0.29, 0.717) is 18.0 Å². The molecule has 0 aliphatic heterocycles. The fourth-order valence-corrected chi connectivity index (χ4v) is 2.43. The third-order valence-electron chi connectivity index (χ3n) is 3.75. The van der Waals surface area contributed by atoms with E-state index in [-0.39, 0.29) is 12.5 Å². The number of amides is 1. The third-order valence-corrected chi connectivity index (χ3v) is 3.75. The van der Waals surface area contributed by atoms with Crippen molar-refractivity contribution < 1.29 is 14.3 Å². The lowest BCUT2D eigenvalue weighted by atomic mass is 10.2. The number of anilines is 1. The van der Waals surface area contributed by atoms with Gasteiger partial charge in [0.1, 0.15) is 11.5 Å². The van der Waals surface area contributed by atoms with Crippen LogP contribution in [0.3, 0.4) is 0 Å². The Kier molecular flexibility index (Phi) is 6.26. The maximum atomic E-state index is 11.9. The van der Waals surface area contributed by atoms with Gasteiger partial charge in [-0.2, -0.15) is 0 Å². The van der Waals surface area contributed by atoms with Gasteiger partial charge in [-0.3, -0.25) is 4.79 Å². The standard InChI is InChI=1S/C22H21NO3/c24-22(17-26-20-9-5-2-6-10-20)23-19-11-13-21(14-12-19)25-16-15-18-7-3-1-4-8-18/h1-14H,15-17H2,(H,23,24). The fraction of sp³-hybridized carbons (Fsp3) is 0.136. The summed E-state index contributed by atoms with van der Waals surface area (Å²) in [5.41, 5.74) is 1.96. The molecule has 0 heterocycles. The second-order valence-corrected chi connectivity index (χ2v) is 5.76. The summed E-state index contributed by atoms with van der Waals surface area (Å²) in [5, 5.41) is 2.80. The highest BCUT2D eigenvalue weighted by Crippen LogP contribution is 2.16. The minimum Gasteiger partial charge on any atom is -0.493 e. The van der Waals surface area contributed by atoms with E-state index in [9.17, 15) is 4.79 Å². The van der Waals surface area contributed by atoms with E-state index in [2.05, 4.69) is 17.4 Å². The zero-order valence-corrected chi connectivity index (χ0v) is 14.4. The summed E-state index contributed by atoms with van der Waals surface area (Å²) < 4.78 is 11.2. The molecule has 4 heteroatoms. The van der Waals surface area contributed by atoms with Gasteiger partial charge in [0.05, 0.1) is 6.61 Å². The average Bonchev–Trinajstić information content (AvgIpc) is 2.69. The number of rotatable bonds is 8. The van der Waals surface area contributed by atoms with Crippen molar-refractivity contribution in [3.8, 4) is 11.5 Å². The Labute approximate surface area is 153 Å². The van der Waals surface area contributed by atoms with Crippen LogP contribution in [-0.4, -0.2) is 19.1 Å². The molecule has 4 nitrogen and oxygen atoms in total. The molecule has 3 aromatic rings. The largest absolute Gasteiger partial charge is 0.493 e. The Balaban J connectivity index is 1.41. The van der Waals surface area contributed by atoms with Gasteiger partial charge in [0.25, 0.3) is 5.91 Å². The molecule has 0 aromatic heterocycles.